The van der Waals surface area contributed by atoms with E-state index in [4.69, 9.17) is 4.52 Å². The highest BCUT2D eigenvalue weighted by Gasteiger charge is 2.28. The predicted molar refractivity (Wildman–Crippen MR) is 68.6 cm³/mol. The minimum absolute atomic E-state index is 0.488. The largest absolute Gasteiger partial charge is 0.352 e. The first-order valence-corrected chi connectivity index (χ1v) is 6.29. The highest BCUT2D eigenvalue weighted by Crippen LogP contribution is 2.30. The van der Waals surface area contributed by atoms with E-state index < -0.39 is 0 Å². The molecule has 3 heterocycles. The Morgan fingerprint density at radius 2 is 2.39 bits per heavy atom. The zero-order chi connectivity index (χ0) is 12.5. The first-order valence-electron chi connectivity index (χ1n) is 6.29. The Kier molecular flexibility index (Phi) is 2.87. The number of aromatic nitrogens is 3. The summed E-state index contributed by atoms with van der Waals surface area (Å²) >= 11 is 0. The van der Waals surface area contributed by atoms with Crippen LogP contribution in [0.5, 0.6) is 0 Å². The number of likely N-dealkylation sites (N-methyl/N-ethyl adjacent to an activating group) is 1. The molecular weight excluding hydrogens is 230 g/mol. The Labute approximate surface area is 105 Å². The fourth-order valence-corrected chi connectivity index (χ4v) is 2.68. The van der Waals surface area contributed by atoms with Gasteiger partial charge in [0.05, 0.1) is 5.69 Å². The molecule has 0 radical (unpaired) electrons. The van der Waals surface area contributed by atoms with E-state index in [-0.39, 0.29) is 0 Å². The zero-order valence-corrected chi connectivity index (χ0v) is 10.7. The summed E-state index contributed by atoms with van der Waals surface area (Å²) in [5.41, 5.74) is 1.43. The molecule has 0 bridgehead atoms. The normalized spacial score (nSPS) is 19.9. The average molecular weight is 247 g/mol. The third kappa shape index (κ3) is 1.73. The van der Waals surface area contributed by atoms with Gasteiger partial charge in [-0.25, -0.2) is 4.98 Å². The highest BCUT2D eigenvalue weighted by atomic mass is 16.5. The van der Waals surface area contributed by atoms with E-state index in [0.717, 1.165) is 30.0 Å². The SMILES string of the molecule is CNCC1CCCN1c1ncnc2onc(C)c12. The van der Waals surface area contributed by atoms with Crippen molar-refractivity contribution < 1.29 is 4.52 Å². The van der Waals surface area contributed by atoms with Gasteiger partial charge in [0.15, 0.2) is 0 Å². The van der Waals surface area contributed by atoms with Crippen LogP contribution >= 0.6 is 0 Å². The molecule has 1 saturated heterocycles. The molecule has 1 unspecified atom stereocenters. The lowest BCUT2D eigenvalue weighted by Gasteiger charge is -2.25. The van der Waals surface area contributed by atoms with E-state index in [0.29, 0.717) is 11.8 Å². The second-order valence-corrected chi connectivity index (χ2v) is 4.69. The third-order valence-electron chi connectivity index (χ3n) is 3.51. The van der Waals surface area contributed by atoms with Gasteiger partial charge in [0.1, 0.15) is 17.5 Å². The van der Waals surface area contributed by atoms with E-state index in [2.05, 4.69) is 25.3 Å². The van der Waals surface area contributed by atoms with Crippen LogP contribution in [0.15, 0.2) is 10.9 Å². The van der Waals surface area contributed by atoms with Crippen molar-refractivity contribution >= 4 is 16.9 Å². The number of aryl methyl sites for hydroxylation is 1. The van der Waals surface area contributed by atoms with Gasteiger partial charge in [-0.05, 0) is 26.8 Å². The quantitative estimate of drug-likeness (QED) is 0.876. The van der Waals surface area contributed by atoms with Crippen molar-refractivity contribution in [1.29, 1.82) is 0 Å². The molecule has 3 rings (SSSR count). The smallest absolute Gasteiger partial charge is 0.263 e. The Hall–Kier alpha value is -1.69. The maximum atomic E-state index is 5.20. The molecule has 0 spiro atoms. The number of nitrogens with one attached hydrogen (secondary N) is 1. The second kappa shape index (κ2) is 4.53. The number of rotatable bonds is 3. The summed E-state index contributed by atoms with van der Waals surface area (Å²) in [4.78, 5) is 10.9. The van der Waals surface area contributed by atoms with Gasteiger partial charge < -0.3 is 14.7 Å². The molecule has 0 aromatic carbocycles. The van der Waals surface area contributed by atoms with Crippen LogP contribution in [0.1, 0.15) is 18.5 Å². The van der Waals surface area contributed by atoms with Crippen LogP contribution in [0.3, 0.4) is 0 Å². The van der Waals surface area contributed by atoms with E-state index in [9.17, 15) is 0 Å². The van der Waals surface area contributed by atoms with Gasteiger partial charge in [0, 0.05) is 19.1 Å². The average Bonchev–Trinajstić information content (AvgIpc) is 2.97. The molecule has 0 aliphatic carbocycles. The molecule has 6 heteroatoms. The van der Waals surface area contributed by atoms with Crippen molar-refractivity contribution in [3.05, 3.63) is 12.0 Å². The van der Waals surface area contributed by atoms with Crippen LogP contribution < -0.4 is 10.2 Å². The lowest BCUT2D eigenvalue weighted by Crippen LogP contribution is -2.37. The van der Waals surface area contributed by atoms with Crippen LogP contribution in [0.25, 0.3) is 11.1 Å². The fourth-order valence-electron chi connectivity index (χ4n) is 2.68. The van der Waals surface area contributed by atoms with Gasteiger partial charge in [-0.3, -0.25) is 0 Å². The Bertz CT molecular complexity index is 552. The van der Waals surface area contributed by atoms with Crippen molar-refractivity contribution in [3.8, 4) is 0 Å². The molecule has 0 amide bonds. The Morgan fingerprint density at radius 1 is 1.50 bits per heavy atom. The zero-order valence-electron chi connectivity index (χ0n) is 10.7. The molecule has 1 atom stereocenters. The summed E-state index contributed by atoms with van der Waals surface area (Å²) in [6.45, 7) is 3.93. The molecule has 0 saturated carbocycles. The van der Waals surface area contributed by atoms with Gasteiger partial charge in [0.25, 0.3) is 5.71 Å². The minimum atomic E-state index is 0.488. The first kappa shape index (κ1) is 11.4. The van der Waals surface area contributed by atoms with Gasteiger partial charge in [0.2, 0.25) is 0 Å². The fraction of sp³-hybridized carbons (Fsp3) is 0.583. The van der Waals surface area contributed by atoms with Crippen molar-refractivity contribution in [2.45, 2.75) is 25.8 Å². The Balaban J connectivity index is 2.05. The van der Waals surface area contributed by atoms with Crippen LogP contribution in [0, 0.1) is 6.92 Å². The van der Waals surface area contributed by atoms with Crippen molar-refractivity contribution in [2.75, 3.05) is 25.0 Å². The molecule has 96 valence electrons. The van der Waals surface area contributed by atoms with Crippen molar-refractivity contribution in [3.63, 3.8) is 0 Å². The number of anilines is 1. The summed E-state index contributed by atoms with van der Waals surface area (Å²) < 4.78 is 5.20. The van der Waals surface area contributed by atoms with E-state index in [1.807, 2.05) is 14.0 Å². The van der Waals surface area contributed by atoms with Crippen LogP contribution in [-0.2, 0) is 0 Å². The standard InChI is InChI=1S/C12H17N5O/c1-8-10-11(14-7-15-12(10)18-16-8)17-5-3-4-9(17)6-13-2/h7,9,13H,3-6H2,1-2H3. The second-order valence-electron chi connectivity index (χ2n) is 4.69. The van der Waals surface area contributed by atoms with Gasteiger partial charge >= 0.3 is 0 Å². The number of hydrogen-bond donors (Lipinski definition) is 1. The number of hydrogen-bond acceptors (Lipinski definition) is 6. The summed E-state index contributed by atoms with van der Waals surface area (Å²) in [6, 6.07) is 0.488. The Morgan fingerprint density at radius 3 is 3.22 bits per heavy atom. The molecule has 6 nitrogen and oxygen atoms in total. The predicted octanol–water partition coefficient (Wildman–Crippen LogP) is 1.11. The summed E-state index contributed by atoms with van der Waals surface area (Å²) in [7, 11) is 1.98. The lowest BCUT2D eigenvalue weighted by molar-refractivity contribution is 0.442. The van der Waals surface area contributed by atoms with Crippen LogP contribution in [0.2, 0.25) is 0 Å². The summed E-state index contributed by atoms with van der Waals surface area (Å²) in [5, 5.41) is 8.17. The number of nitrogens with zero attached hydrogens (tertiary/aromatic N) is 4. The molecule has 1 N–H and O–H groups in total. The maximum absolute atomic E-state index is 5.20. The molecule has 2 aromatic heterocycles. The summed E-state index contributed by atoms with van der Waals surface area (Å²) in [5.74, 6) is 0.955. The maximum Gasteiger partial charge on any atom is 0.263 e. The van der Waals surface area contributed by atoms with E-state index in [1.54, 1.807) is 6.33 Å². The van der Waals surface area contributed by atoms with Gasteiger partial charge in [-0.1, -0.05) is 5.16 Å². The monoisotopic (exact) mass is 247 g/mol. The van der Waals surface area contributed by atoms with Crippen LogP contribution in [0.4, 0.5) is 5.82 Å². The van der Waals surface area contributed by atoms with Gasteiger partial charge in [-0.15, -0.1) is 0 Å². The van der Waals surface area contributed by atoms with Crippen LogP contribution in [-0.4, -0.2) is 41.3 Å². The van der Waals surface area contributed by atoms with E-state index in [1.165, 1.54) is 12.8 Å². The third-order valence-corrected chi connectivity index (χ3v) is 3.51. The molecule has 2 aromatic rings. The van der Waals surface area contributed by atoms with Gasteiger partial charge in [-0.2, -0.15) is 4.98 Å². The first-order chi connectivity index (χ1) is 8.81. The molecule has 1 fully saturated rings. The molecule has 1 aliphatic rings. The molecule has 1 aliphatic heterocycles. The highest BCUT2D eigenvalue weighted by molar-refractivity contribution is 5.88. The summed E-state index contributed by atoms with van der Waals surface area (Å²) in [6.07, 6.45) is 3.94. The van der Waals surface area contributed by atoms with Crippen molar-refractivity contribution in [1.82, 2.24) is 20.4 Å². The number of fused-ring (bicyclic) bond motifs is 1. The molecular formula is C12H17N5O. The van der Waals surface area contributed by atoms with E-state index >= 15 is 0 Å². The molecule has 18 heavy (non-hydrogen) atoms. The lowest BCUT2D eigenvalue weighted by atomic mass is 10.2. The van der Waals surface area contributed by atoms with Crippen molar-refractivity contribution in [2.24, 2.45) is 0 Å². The topological polar surface area (TPSA) is 67.1 Å². The minimum Gasteiger partial charge on any atom is -0.352 e.